The van der Waals surface area contributed by atoms with Crippen molar-refractivity contribution in [2.45, 2.75) is 20.8 Å². The van der Waals surface area contributed by atoms with Crippen LogP contribution >= 0.6 is 0 Å². The van der Waals surface area contributed by atoms with E-state index in [4.69, 9.17) is 0 Å². The summed E-state index contributed by atoms with van der Waals surface area (Å²) < 4.78 is 0. The van der Waals surface area contributed by atoms with Gasteiger partial charge < -0.3 is 5.11 Å². The van der Waals surface area contributed by atoms with Crippen molar-refractivity contribution in [3.05, 3.63) is 34.9 Å². The molecule has 0 radical (unpaired) electrons. The number of hydrogen-bond donors (Lipinski definition) is 1. The third-order valence-corrected chi connectivity index (χ3v) is 2.02. The van der Waals surface area contributed by atoms with E-state index in [2.05, 4.69) is 0 Å². The summed E-state index contributed by atoms with van der Waals surface area (Å²) in [5.41, 5.74) is 2.97. The molecule has 0 fully saturated rings. The minimum absolute atomic E-state index is 0.408. The third-order valence-electron chi connectivity index (χ3n) is 2.02. The number of phenols is 1. The number of phenolic OH excluding ortho intramolecular Hbond substituents is 1. The van der Waals surface area contributed by atoms with Crippen LogP contribution in [0.4, 0.5) is 0 Å². The molecule has 0 atom stereocenters. The highest BCUT2D eigenvalue weighted by atomic mass is 16.3. The van der Waals surface area contributed by atoms with Crippen LogP contribution in [0.2, 0.25) is 0 Å². The Bertz CT molecular complexity index is 311. The standard InChI is InChI=1S/C11H14O/c1-4-5-10-7-6-8(2)11(12)9(10)3/h4-7,12H,1-3H3. The molecule has 1 rings (SSSR count). The number of aromatic hydroxyl groups is 1. The molecule has 0 saturated carbocycles. The third kappa shape index (κ3) is 1.50. The minimum atomic E-state index is 0.408. The first kappa shape index (κ1) is 8.85. The van der Waals surface area contributed by atoms with E-state index in [-0.39, 0.29) is 0 Å². The molecule has 0 aliphatic carbocycles. The van der Waals surface area contributed by atoms with Gasteiger partial charge in [-0.2, -0.15) is 0 Å². The second kappa shape index (κ2) is 3.44. The zero-order chi connectivity index (χ0) is 9.14. The molecular formula is C11H14O. The predicted molar refractivity (Wildman–Crippen MR) is 52.3 cm³/mol. The Morgan fingerprint density at radius 3 is 2.50 bits per heavy atom. The molecule has 0 saturated heterocycles. The molecule has 1 N–H and O–H groups in total. The van der Waals surface area contributed by atoms with Gasteiger partial charge in [0, 0.05) is 0 Å². The minimum Gasteiger partial charge on any atom is -0.507 e. The average molecular weight is 162 g/mol. The fourth-order valence-corrected chi connectivity index (χ4v) is 1.21. The second-order valence-electron chi connectivity index (χ2n) is 2.95. The van der Waals surface area contributed by atoms with Gasteiger partial charge in [0.15, 0.2) is 0 Å². The summed E-state index contributed by atoms with van der Waals surface area (Å²) in [6.07, 6.45) is 3.96. The van der Waals surface area contributed by atoms with Crippen LogP contribution in [0.25, 0.3) is 6.08 Å². The fraction of sp³-hybridized carbons (Fsp3) is 0.273. The zero-order valence-electron chi connectivity index (χ0n) is 7.76. The lowest BCUT2D eigenvalue weighted by atomic mass is 10.0. The molecule has 0 bridgehead atoms. The van der Waals surface area contributed by atoms with Gasteiger partial charge in [-0.3, -0.25) is 0 Å². The predicted octanol–water partition coefficient (Wildman–Crippen LogP) is 3.04. The van der Waals surface area contributed by atoms with Crippen molar-refractivity contribution in [2.75, 3.05) is 0 Å². The highest BCUT2D eigenvalue weighted by Gasteiger charge is 2.02. The molecular weight excluding hydrogens is 148 g/mol. The van der Waals surface area contributed by atoms with Crippen molar-refractivity contribution in [3.63, 3.8) is 0 Å². The molecule has 64 valence electrons. The van der Waals surface area contributed by atoms with Gasteiger partial charge in [0.1, 0.15) is 5.75 Å². The number of allylic oxidation sites excluding steroid dienone is 1. The van der Waals surface area contributed by atoms with Gasteiger partial charge in [0.25, 0.3) is 0 Å². The summed E-state index contributed by atoms with van der Waals surface area (Å²) in [6, 6.07) is 3.95. The van der Waals surface area contributed by atoms with Crippen molar-refractivity contribution < 1.29 is 5.11 Å². The number of benzene rings is 1. The van der Waals surface area contributed by atoms with Crippen molar-refractivity contribution >= 4 is 6.08 Å². The van der Waals surface area contributed by atoms with Crippen molar-refractivity contribution in [3.8, 4) is 5.75 Å². The molecule has 1 nitrogen and oxygen atoms in total. The molecule has 1 heteroatoms. The maximum absolute atomic E-state index is 9.58. The van der Waals surface area contributed by atoms with Crippen LogP contribution in [0.1, 0.15) is 23.6 Å². The van der Waals surface area contributed by atoms with Crippen LogP contribution in [0, 0.1) is 13.8 Å². The van der Waals surface area contributed by atoms with Crippen LogP contribution in [-0.4, -0.2) is 5.11 Å². The Labute approximate surface area is 73.4 Å². The lowest BCUT2D eigenvalue weighted by molar-refractivity contribution is 0.467. The fourth-order valence-electron chi connectivity index (χ4n) is 1.21. The Balaban J connectivity index is 3.26. The highest BCUT2D eigenvalue weighted by Crippen LogP contribution is 2.24. The summed E-state index contributed by atoms with van der Waals surface area (Å²) in [5.74, 6) is 0.408. The van der Waals surface area contributed by atoms with Crippen LogP contribution in [0.5, 0.6) is 5.75 Å². The molecule has 1 aromatic rings. The first-order valence-corrected chi connectivity index (χ1v) is 4.08. The molecule has 0 aromatic heterocycles. The number of rotatable bonds is 1. The molecule has 12 heavy (non-hydrogen) atoms. The lowest BCUT2D eigenvalue weighted by Crippen LogP contribution is -1.84. The van der Waals surface area contributed by atoms with Crippen LogP contribution < -0.4 is 0 Å². The Hall–Kier alpha value is -1.24. The normalized spacial score (nSPS) is 10.9. The summed E-state index contributed by atoms with van der Waals surface area (Å²) in [7, 11) is 0. The molecule has 1 aromatic carbocycles. The van der Waals surface area contributed by atoms with E-state index >= 15 is 0 Å². The van der Waals surface area contributed by atoms with E-state index < -0.39 is 0 Å². The maximum atomic E-state index is 9.58. The van der Waals surface area contributed by atoms with Crippen molar-refractivity contribution in [1.82, 2.24) is 0 Å². The molecule has 0 aliphatic heterocycles. The van der Waals surface area contributed by atoms with Gasteiger partial charge in [-0.15, -0.1) is 0 Å². The Morgan fingerprint density at radius 2 is 1.92 bits per heavy atom. The van der Waals surface area contributed by atoms with E-state index in [1.165, 1.54) is 0 Å². The van der Waals surface area contributed by atoms with Gasteiger partial charge in [0.2, 0.25) is 0 Å². The maximum Gasteiger partial charge on any atom is 0.121 e. The Morgan fingerprint density at radius 1 is 1.25 bits per heavy atom. The largest absolute Gasteiger partial charge is 0.507 e. The van der Waals surface area contributed by atoms with Gasteiger partial charge >= 0.3 is 0 Å². The average Bonchev–Trinajstić information content (AvgIpc) is 2.07. The van der Waals surface area contributed by atoms with Gasteiger partial charge in [-0.25, -0.2) is 0 Å². The monoisotopic (exact) mass is 162 g/mol. The zero-order valence-corrected chi connectivity index (χ0v) is 7.76. The van der Waals surface area contributed by atoms with E-state index in [1.54, 1.807) is 0 Å². The summed E-state index contributed by atoms with van der Waals surface area (Å²) in [5, 5.41) is 9.58. The number of aryl methyl sites for hydroxylation is 1. The van der Waals surface area contributed by atoms with Gasteiger partial charge in [-0.1, -0.05) is 24.3 Å². The molecule has 0 heterocycles. The van der Waals surface area contributed by atoms with Gasteiger partial charge in [0.05, 0.1) is 0 Å². The summed E-state index contributed by atoms with van der Waals surface area (Å²) in [4.78, 5) is 0. The Kier molecular flexibility index (Phi) is 2.54. The lowest BCUT2D eigenvalue weighted by Gasteiger charge is -2.05. The highest BCUT2D eigenvalue weighted by molar-refractivity contribution is 5.58. The van der Waals surface area contributed by atoms with Crippen LogP contribution in [0.15, 0.2) is 18.2 Å². The summed E-state index contributed by atoms with van der Waals surface area (Å²) in [6.45, 7) is 5.80. The van der Waals surface area contributed by atoms with Crippen LogP contribution in [0.3, 0.4) is 0 Å². The molecule has 0 amide bonds. The van der Waals surface area contributed by atoms with Crippen LogP contribution in [-0.2, 0) is 0 Å². The summed E-state index contributed by atoms with van der Waals surface area (Å²) >= 11 is 0. The topological polar surface area (TPSA) is 20.2 Å². The molecule has 0 aliphatic rings. The second-order valence-corrected chi connectivity index (χ2v) is 2.95. The first-order valence-electron chi connectivity index (χ1n) is 4.08. The smallest absolute Gasteiger partial charge is 0.121 e. The quantitative estimate of drug-likeness (QED) is 0.673. The number of hydrogen-bond acceptors (Lipinski definition) is 1. The molecule has 0 unspecified atom stereocenters. The van der Waals surface area contributed by atoms with Gasteiger partial charge in [-0.05, 0) is 37.5 Å². The van der Waals surface area contributed by atoms with E-state index in [0.29, 0.717) is 5.75 Å². The SMILES string of the molecule is CC=Cc1ccc(C)c(O)c1C. The first-order chi connectivity index (χ1) is 5.66. The van der Waals surface area contributed by atoms with E-state index in [0.717, 1.165) is 16.7 Å². The van der Waals surface area contributed by atoms with Crippen molar-refractivity contribution in [1.29, 1.82) is 0 Å². The van der Waals surface area contributed by atoms with E-state index in [9.17, 15) is 5.11 Å². The molecule has 0 spiro atoms. The van der Waals surface area contributed by atoms with E-state index in [1.807, 2.05) is 45.1 Å². The van der Waals surface area contributed by atoms with Crippen molar-refractivity contribution in [2.24, 2.45) is 0 Å².